The normalized spacial score (nSPS) is 11.4. The molecule has 0 saturated heterocycles. The van der Waals surface area contributed by atoms with Crippen molar-refractivity contribution in [2.45, 2.75) is 16.8 Å². The number of nitro groups is 1. The van der Waals surface area contributed by atoms with Crippen molar-refractivity contribution in [2.75, 3.05) is 0 Å². The van der Waals surface area contributed by atoms with Gasteiger partial charge in [0.2, 0.25) is 0 Å². The molecule has 0 spiro atoms. The van der Waals surface area contributed by atoms with Crippen molar-refractivity contribution in [1.82, 2.24) is 0 Å². The Morgan fingerprint density at radius 1 is 1.05 bits per heavy atom. The van der Waals surface area contributed by atoms with E-state index in [0.29, 0.717) is 16.2 Å². The molecule has 2 rings (SSSR count). The third-order valence-electron chi connectivity index (χ3n) is 2.74. The minimum Gasteiger partial charge on any atom is -0.258 e. The van der Waals surface area contributed by atoms with Crippen LogP contribution >= 0.6 is 11.8 Å². The second-order valence-electron chi connectivity index (χ2n) is 4.21. The summed E-state index contributed by atoms with van der Waals surface area (Å²) in [6.45, 7) is 0. The Balaban J connectivity index is 2.09. The van der Waals surface area contributed by atoms with Crippen molar-refractivity contribution in [3.05, 3.63) is 69.8 Å². The first-order valence-electron chi connectivity index (χ1n) is 5.90. The van der Waals surface area contributed by atoms with Gasteiger partial charge >= 0.3 is 6.18 Å². The monoisotopic (exact) mass is 313 g/mol. The number of nitrogens with zero attached hydrogens (tertiary/aromatic N) is 1. The van der Waals surface area contributed by atoms with Gasteiger partial charge in [-0.15, -0.1) is 11.8 Å². The third kappa shape index (κ3) is 3.98. The molecule has 0 bridgehead atoms. The summed E-state index contributed by atoms with van der Waals surface area (Å²) >= 11 is 1.22. The largest absolute Gasteiger partial charge is 0.416 e. The molecule has 0 fully saturated rings. The first-order valence-corrected chi connectivity index (χ1v) is 6.89. The quantitative estimate of drug-likeness (QED) is 0.458. The molecule has 0 radical (unpaired) electrons. The number of rotatable bonds is 4. The number of hydrogen-bond donors (Lipinski definition) is 0. The van der Waals surface area contributed by atoms with Crippen molar-refractivity contribution in [2.24, 2.45) is 0 Å². The Hall–Kier alpha value is -2.02. The number of para-hydroxylation sites is 1. The first kappa shape index (κ1) is 15.4. The highest BCUT2D eigenvalue weighted by atomic mass is 32.2. The molecule has 0 N–H and O–H groups in total. The van der Waals surface area contributed by atoms with Gasteiger partial charge in [-0.2, -0.15) is 13.2 Å². The smallest absolute Gasteiger partial charge is 0.258 e. The highest BCUT2D eigenvalue weighted by molar-refractivity contribution is 7.98. The van der Waals surface area contributed by atoms with E-state index >= 15 is 0 Å². The van der Waals surface area contributed by atoms with Gasteiger partial charge in [0.1, 0.15) is 0 Å². The molecular weight excluding hydrogens is 303 g/mol. The molecule has 0 heterocycles. The SMILES string of the molecule is O=[N+]([O-])c1ccccc1SCc1ccc(C(F)(F)F)cc1. The Kier molecular flexibility index (Phi) is 4.52. The summed E-state index contributed by atoms with van der Waals surface area (Å²) in [5, 5.41) is 10.9. The molecule has 2 aromatic rings. The maximum atomic E-state index is 12.4. The van der Waals surface area contributed by atoms with Crippen molar-refractivity contribution in [3.8, 4) is 0 Å². The molecule has 0 aromatic heterocycles. The summed E-state index contributed by atoms with van der Waals surface area (Å²) in [4.78, 5) is 10.9. The van der Waals surface area contributed by atoms with Crippen LogP contribution in [-0.4, -0.2) is 4.92 Å². The van der Waals surface area contributed by atoms with Crippen molar-refractivity contribution < 1.29 is 18.1 Å². The number of benzene rings is 2. The molecule has 0 unspecified atom stereocenters. The van der Waals surface area contributed by atoms with Crippen LogP contribution in [0.15, 0.2) is 53.4 Å². The van der Waals surface area contributed by atoms with E-state index in [9.17, 15) is 23.3 Å². The molecule has 0 saturated carbocycles. The molecule has 0 amide bonds. The van der Waals surface area contributed by atoms with Crippen LogP contribution in [0.1, 0.15) is 11.1 Å². The van der Waals surface area contributed by atoms with E-state index in [0.717, 1.165) is 12.1 Å². The van der Waals surface area contributed by atoms with Gasteiger partial charge in [-0.3, -0.25) is 10.1 Å². The lowest BCUT2D eigenvalue weighted by atomic mass is 10.1. The van der Waals surface area contributed by atoms with Gasteiger partial charge in [-0.25, -0.2) is 0 Å². The molecule has 21 heavy (non-hydrogen) atoms. The van der Waals surface area contributed by atoms with Gasteiger partial charge in [-0.05, 0) is 23.8 Å². The predicted octanol–water partition coefficient (Wildman–Crippen LogP) is 4.91. The number of hydrogen-bond acceptors (Lipinski definition) is 3. The number of nitro benzene ring substituents is 1. The topological polar surface area (TPSA) is 43.1 Å². The Labute approximate surface area is 122 Å². The fraction of sp³-hybridized carbons (Fsp3) is 0.143. The summed E-state index contributed by atoms with van der Waals surface area (Å²) in [6.07, 6.45) is -4.36. The highest BCUT2D eigenvalue weighted by Gasteiger charge is 2.29. The minimum absolute atomic E-state index is 0.00517. The fourth-order valence-corrected chi connectivity index (χ4v) is 2.66. The van der Waals surface area contributed by atoms with Crippen LogP contribution in [0.25, 0.3) is 0 Å². The third-order valence-corrected chi connectivity index (χ3v) is 3.87. The zero-order valence-corrected chi connectivity index (χ0v) is 11.4. The molecule has 0 aliphatic heterocycles. The summed E-state index contributed by atoms with van der Waals surface area (Å²) in [6, 6.07) is 11.0. The maximum Gasteiger partial charge on any atom is 0.416 e. The molecule has 0 aliphatic rings. The summed E-state index contributed by atoms with van der Waals surface area (Å²) in [7, 11) is 0. The van der Waals surface area contributed by atoms with Crippen LogP contribution in [0, 0.1) is 10.1 Å². The van der Waals surface area contributed by atoms with E-state index in [1.165, 1.54) is 30.0 Å². The Bertz CT molecular complexity index is 641. The summed E-state index contributed by atoms with van der Waals surface area (Å²) in [5.41, 5.74) is -0.0393. The lowest BCUT2D eigenvalue weighted by Crippen LogP contribution is -2.04. The highest BCUT2D eigenvalue weighted by Crippen LogP contribution is 2.33. The average Bonchev–Trinajstić information content (AvgIpc) is 2.45. The Morgan fingerprint density at radius 2 is 1.67 bits per heavy atom. The van der Waals surface area contributed by atoms with Crippen LogP contribution in [0.2, 0.25) is 0 Å². The van der Waals surface area contributed by atoms with E-state index in [2.05, 4.69) is 0 Å². The second kappa shape index (κ2) is 6.17. The van der Waals surface area contributed by atoms with E-state index < -0.39 is 16.7 Å². The van der Waals surface area contributed by atoms with Crippen molar-refractivity contribution in [1.29, 1.82) is 0 Å². The van der Waals surface area contributed by atoms with Gasteiger partial charge in [-0.1, -0.05) is 24.3 Å². The zero-order chi connectivity index (χ0) is 15.5. The summed E-state index contributed by atoms with van der Waals surface area (Å²) in [5.74, 6) is 0.364. The number of thioether (sulfide) groups is 1. The van der Waals surface area contributed by atoms with Crippen molar-refractivity contribution >= 4 is 17.4 Å². The minimum atomic E-state index is -4.36. The van der Waals surface area contributed by atoms with Crippen LogP contribution in [0.3, 0.4) is 0 Å². The molecule has 2 aromatic carbocycles. The number of halogens is 3. The zero-order valence-electron chi connectivity index (χ0n) is 10.6. The van der Waals surface area contributed by atoms with Crippen molar-refractivity contribution in [3.63, 3.8) is 0 Å². The second-order valence-corrected chi connectivity index (χ2v) is 5.23. The molecule has 0 aliphatic carbocycles. The summed E-state index contributed by atoms with van der Waals surface area (Å²) < 4.78 is 37.3. The van der Waals surface area contributed by atoms with Gasteiger partial charge in [0, 0.05) is 11.8 Å². The van der Waals surface area contributed by atoms with E-state index in [1.807, 2.05) is 0 Å². The van der Waals surface area contributed by atoms with E-state index in [-0.39, 0.29) is 5.69 Å². The average molecular weight is 313 g/mol. The fourth-order valence-electron chi connectivity index (χ4n) is 1.68. The molecular formula is C14H10F3NO2S. The molecule has 0 atom stereocenters. The maximum absolute atomic E-state index is 12.4. The van der Waals surface area contributed by atoms with Gasteiger partial charge in [0.25, 0.3) is 5.69 Å². The van der Waals surface area contributed by atoms with E-state index in [4.69, 9.17) is 0 Å². The van der Waals surface area contributed by atoms with Gasteiger partial charge in [0.15, 0.2) is 0 Å². The van der Waals surface area contributed by atoms with Gasteiger partial charge < -0.3 is 0 Å². The van der Waals surface area contributed by atoms with Crippen LogP contribution in [-0.2, 0) is 11.9 Å². The van der Waals surface area contributed by atoms with Crippen LogP contribution in [0.4, 0.5) is 18.9 Å². The van der Waals surface area contributed by atoms with Crippen LogP contribution < -0.4 is 0 Å². The van der Waals surface area contributed by atoms with Crippen LogP contribution in [0.5, 0.6) is 0 Å². The Morgan fingerprint density at radius 3 is 2.24 bits per heavy atom. The molecule has 110 valence electrons. The lowest BCUT2D eigenvalue weighted by molar-refractivity contribution is -0.387. The molecule has 7 heteroatoms. The standard InChI is InChI=1S/C14H10F3NO2S/c15-14(16,17)11-7-5-10(6-8-11)9-21-13-4-2-1-3-12(13)18(19)20/h1-8H,9H2. The first-order chi connectivity index (χ1) is 9.88. The van der Waals surface area contributed by atoms with E-state index in [1.54, 1.807) is 18.2 Å². The van der Waals surface area contributed by atoms with Gasteiger partial charge in [0.05, 0.1) is 15.4 Å². The predicted molar refractivity (Wildman–Crippen MR) is 74.1 cm³/mol. The lowest BCUT2D eigenvalue weighted by Gasteiger charge is -2.07. The molecule has 3 nitrogen and oxygen atoms in total. The number of alkyl halides is 3.